The Labute approximate surface area is 132 Å². The van der Waals surface area contributed by atoms with E-state index in [4.69, 9.17) is 11.6 Å². The Balaban J connectivity index is 2.26. The van der Waals surface area contributed by atoms with Crippen molar-refractivity contribution in [1.29, 1.82) is 0 Å². The molecule has 1 N–H and O–H groups in total. The molecule has 0 aliphatic heterocycles. The highest BCUT2D eigenvalue weighted by Crippen LogP contribution is 2.30. The van der Waals surface area contributed by atoms with Gasteiger partial charge in [0.2, 0.25) is 0 Å². The average molecular weight is 306 g/mol. The van der Waals surface area contributed by atoms with Gasteiger partial charge in [-0.05, 0) is 42.9 Å². The lowest BCUT2D eigenvalue weighted by Crippen LogP contribution is -2.30. The molecule has 0 aliphatic rings. The van der Waals surface area contributed by atoms with E-state index in [2.05, 4.69) is 18.7 Å². The van der Waals surface area contributed by atoms with Crippen molar-refractivity contribution in [3.63, 3.8) is 0 Å². The molecule has 0 saturated heterocycles. The molecule has 0 saturated carbocycles. The van der Waals surface area contributed by atoms with E-state index in [1.807, 2.05) is 36.4 Å². The standard InChI is InChI=1S/C18H24ClNO/c1-3-11-20(12-4-2)13-18(21)16-9-10-17(19)15-8-6-5-7-14(15)16/h5-10,18,21H,3-4,11-13H2,1-2H3/t18-/m0/s1. The van der Waals surface area contributed by atoms with E-state index in [9.17, 15) is 5.11 Å². The lowest BCUT2D eigenvalue weighted by molar-refractivity contribution is 0.114. The van der Waals surface area contributed by atoms with Gasteiger partial charge in [0.1, 0.15) is 0 Å². The molecule has 0 heterocycles. The molecule has 0 spiro atoms. The normalized spacial score (nSPS) is 13.0. The quantitative estimate of drug-likeness (QED) is 0.805. The van der Waals surface area contributed by atoms with Crippen molar-refractivity contribution >= 4 is 22.4 Å². The first-order valence-electron chi connectivity index (χ1n) is 7.75. The fraction of sp³-hybridized carbons (Fsp3) is 0.444. The van der Waals surface area contributed by atoms with Crippen molar-refractivity contribution in [2.45, 2.75) is 32.8 Å². The van der Waals surface area contributed by atoms with Gasteiger partial charge in [-0.25, -0.2) is 0 Å². The van der Waals surface area contributed by atoms with Crippen LogP contribution in [-0.2, 0) is 0 Å². The third kappa shape index (κ3) is 3.97. The van der Waals surface area contributed by atoms with Gasteiger partial charge in [0.25, 0.3) is 0 Å². The molecule has 2 rings (SSSR count). The van der Waals surface area contributed by atoms with Crippen LogP contribution in [0.5, 0.6) is 0 Å². The van der Waals surface area contributed by atoms with Gasteiger partial charge in [-0.1, -0.05) is 55.8 Å². The third-order valence-corrected chi connectivity index (χ3v) is 4.10. The van der Waals surface area contributed by atoms with Crippen molar-refractivity contribution in [2.75, 3.05) is 19.6 Å². The SMILES string of the molecule is CCCN(CCC)C[C@H](O)c1ccc(Cl)c2ccccc12. The highest BCUT2D eigenvalue weighted by molar-refractivity contribution is 6.35. The van der Waals surface area contributed by atoms with Crippen molar-refractivity contribution in [2.24, 2.45) is 0 Å². The summed E-state index contributed by atoms with van der Waals surface area (Å²) in [5, 5.41) is 13.4. The predicted octanol–water partition coefficient (Wildman–Crippen LogP) is 4.65. The molecule has 1 atom stereocenters. The number of halogens is 1. The minimum atomic E-state index is -0.481. The summed E-state index contributed by atoms with van der Waals surface area (Å²) in [4.78, 5) is 2.33. The summed E-state index contributed by atoms with van der Waals surface area (Å²) in [6.07, 6.45) is 1.73. The fourth-order valence-corrected chi connectivity index (χ4v) is 3.07. The molecule has 0 aliphatic carbocycles. The fourth-order valence-electron chi connectivity index (χ4n) is 2.85. The lowest BCUT2D eigenvalue weighted by atomic mass is 10.00. The Bertz CT molecular complexity index is 578. The number of rotatable bonds is 7. The largest absolute Gasteiger partial charge is 0.387 e. The second-order valence-electron chi connectivity index (χ2n) is 5.50. The van der Waals surface area contributed by atoms with Crippen LogP contribution in [0.15, 0.2) is 36.4 Å². The van der Waals surface area contributed by atoms with Gasteiger partial charge < -0.3 is 10.0 Å². The van der Waals surface area contributed by atoms with Crippen LogP contribution in [0.3, 0.4) is 0 Å². The highest BCUT2D eigenvalue weighted by atomic mass is 35.5. The molecule has 0 bridgehead atoms. The van der Waals surface area contributed by atoms with E-state index < -0.39 is 6.10 Å². The van der Waals surface area contributed by atoms with Crippen molar-refractivity contribution < 1.29 is 5.11 Å². The van der Waals surface area contributed by atoms with E-state index in [0.717, 1.165) is 47.3 Å². The number of aliphatic hydroxyl groups excluding tert-OH is 1. The summed E-state index contributed by atoms with van der Waals surface area (Å²) in [5.41, 5.74) is 0.965. The van der Waals surface area contributed by atoms with Crippen LogP contribution >= 0.6 is 11.6 Å². The molecule has 21 heavy (non-hydrogen) atoms. The second kappa shape index (κ2) is 7.79. The van der Waals surface area contributed by atoms with Gasteiger partial charge in [0.15, 0.2) is 0 Å². The van der Waals surface area contributed by atoms with Crippen molar-refractivity contribution in [3.8, 4) is 0 Å². The first-order chi connectivity index (χ1) is 10.2. The molecule has 0 aromatic heterocycles. The number of hydrogen-bond acceptors (Lipinski definition) is 2. The van der Waals surface area contributed by atoms with Crippen LogP contribution in [0.2, 0.25) is 5.02 Å². The summed E-state index contributed by atoms with van der Waals surface area (Å²) < 4.78 is 0. The first kappa shape index (κ1) is 16.3. The summed E-state index contributed by atoms with van der Waals surface area (Å²) in [5.74, 6) is 0. The van der Waals surface area contributed by atoms with Crippen LogP contribution in [-0.4, -0.2) is 29.6 Å². The zero-order valence-electron chi connectivity index (χ0n) is 12.8. The number of hydrogen-bond donors (Lipinski definition) is 1. The van der Waals surface area contributed by atoms with Gasteiger partial charge in [-0.2, -0.15) is 0 Å². The molecule has 2 aromatic rings. The number of aliphatic hydroxyl groups is 1. The Hall–Kier alpha value is -1.09. The van der Waals surface area contributed by atoms with E-state index in [0.29, 0.717) is 6.54 Å². The van der Waals surface area contributed by atoms with Gasteiger partial charge in [0.05, 0.1) is 6.10 Å². The molecule has 0 amide bonds. The van der Waals surface area contributed by atoms with E-state index >= 15 is 0 Å². The van der Waals surface area contributed by atoms with Crippen molar-refractivity contribution in [1.82, 2.24) is 4.90 Å². The smallest absolute Gasteiger partial charge is 0.0922 e. The molecule has 2 nitrogen and oxygen atoms in total. The molecule has 0 unspecified atom stereocenters. The van der Waals surface area contributed by atoms with Crippen LogP contribution in [0, 0.1) is 0 Å². The summed E-state index contributed by atoms with van der Waals surface area (Å²) in [7, 11) is 0. The average Bonchev–Trinajstić information content (AvgIpc) is 2.48. The Morgan fingerprint density at radius 3 is 2.24 bits per heavy atom. The molecule has 0 fully saturated rings. The van der Waals surface area contributed by atoms with Gasteiger partial charge in [0, 0.05) is 17.0 Å². The Kier molecular flexibility index (Phi) is 6.04. The predicted molar refractivity (Wildman–Crippen MR) is 90.9 cm³/mol. The molecule has 3 heteroatoms. The molecule has 2 aromatic carbocycles. The number of benzene rings is 2. The van der Waals surface area contributed by atoms with Gasteiger partial charge >= 0.3 is 0 Å². The van der Waals surface area contributed by atoms with Gasteiger partial charge in [-0.3, -0.25) is 0 Å². The van der Waals surface area contributed by atoms with Crippen molar-refractivity contribution in [3.05, 3.63) is 47.0 Å². The Morgan fingerprint density at radius 1 is 1.00 bits per heavy atom. The van der Waals surface area contributed by atoms with E-state index in [1.54, 1.807) is 0 Å². The maximum Gasteiger partial charge on any atom is 0.0922 e. The monoisotopic (exact) mass is 305 g/mol. The van der Waals surface area contributed by atoms with Gasteiger partial charge in [-0.15, -0.1) is 0 Å². The van der Waals surface area contributed by atoms with Crippen LogP contribution in [0.1, 0.15) is 38.4 Å². The highest BCUT2D eigenvalue weighted by Gasteiger charge is 2.15. The number of nitrogens with zero attached hydrogens (tertiary/aromatic N) is 1. The lowest BCUT2D eigenvalue weighted by Gasteiger charge is -2.25. The molecule has 114 valence electrons. The topological polar surface area (TPSA) is 23.5 Å². The summed E-state index contributed by atoms with van der Waals surface area (Å²) in [6.45, 7) is 7.07. The maximum atomic E-state index is 10.6. The third-order valence-electron chi connectivity index (χ3n) is 3.77. The van der Waals surface area contributed by atoms with E-state index in [1.165, 1.54) is 0 Å². The van der Waals surface area contributed by atoms with Crippen LogP contribution in [0.25, 0.3) is 10.8 Å². The summed E-state index contributed by atoms with van der Waals surface area (Å²) in [6, 6.07) is 11.8. The number of fused-ring (bicyclic) bond motifs is 1. The zero-order valence-corrected chi connectivity index (χ0v) is 13.6. The summed E-state index contributed by atoms with van der Waals surface area (Å²) >= 11 is 6.25. The molecule has 0 radical (unpaired) electrons. The minimum Gasteiger partial charge on any atom is -0.387 e. The maximum absolute atomic E-state index is 10.6. The molecular formula is C18H24ClNO. The van der Waals surface area contributed by atoms with Crippen LogP contribution < -0.4 is 0 Å². The molecular weight excluding hydrogens is 282 g/mol. The van der Waals surface area contributed by atoms with E-state index in [-0.39, 0.29) is 0 Å². The minimum absolute atomic E-state index is 0.481. The zero-order chi connectivity index (χ0) is 15.2. The van der Waals surface area contributed by atoms with Crippen LogP contribution in [0.4, 0.5) is 0 Å². The Morgan fingerprint density at radius 2 is 1.62 bits per heavy atom. The second-order valence-corrected chi connectivity index (χ2v) is 5.91. The first-order valence-corrected chi connectivity index (χ1v) is 8.12.